The topological polar surface area (TPSA) is 131 Å². The van der Waals surface area contributed by atoms with Gasteiger partial charge < -0.3 is 20.1 Å². The second kappa shape index (κ2) is 13.6. The number of nitrogens with one attached hydrogen (secondary N) is 2. The van der Waals surface area contributed by atoms with Crippen LogP contribution < -0.4 is 10.6 Å². The molecule has 0 saturated carbocycles. The summed E-state index contributed by atoms with van der Waals surface area (Å²) in [5, 5.41) is 5.27. The zero-order chi connectivity index (χ0) is 30.2. The molecular weight excluding hydrogens is 558 g/mol. The average Bonchev–Trinajstić information content (AvgIpc) is 3.43. The van der Waals surface area contributed by atoms with Crippen LogP contribution in [0, 0.1) is 6.92 Å². The van der Waals surface area contributed by atoms with Crippen LogP contribution in [0.5, 0.6) is 0 Å². The van der Waals surface area contributed by atoms with E-state index in [4.69, 9.17) is 9.47 Å². The minimum absolute atomic E-state index is 0.000818. The number of rotatable bonds is 11. The molecule has 0 spiro atoms. The zero-order valence-electron chi connectivity index (χ0n) is 23.6. The second-order valence-corrected chi connectivity index (χ2v) is 11.9. The molecule has 2 amide bonds. The summed E-state index contributed by atoms with van der Waals surface area (Å²) in [6.07, 6.45) is -0.466. The lowest BCUT2D eigenvalue weighted by Gasteiger charge is -2.36. The number of carbonyl (C=O) groups is 3. The van der Waals surface area contributed by atoms with E-state index in [1.165, 1.54) is 12.1 Å². The lowest BCUT2D eigenvalue weighted by atomic mass is 10.0. The number of ether oxygens (including phenoxy) is 2. The van der Waals surface area contributed by atoms with Gasteiger partial charge in [-0.2, -0.15) is 4.31 Å². The fourth-order valence-electron chi connectivity index (χ4n) is 4.84. The molecule has 1 fully saturated rings. The summed E-state index contributed by atoms with van der Waals surface area (Å²) in [7, 11) is -4.21. The number of carbonyl (C=O) groups excluding carboxylic acids is 3. The third-order valence-electron chi connectivity index (χ3n) is 6.98. The highest BCUT2D eigenvalue weighted by Crippen LogP contribution is 2.34. The standard InChI is InChI=1S/C31H35N3O7S/c1-3-40-29(36)31(19-10-20-34(31)42(38,39)26-17-15-23(2)16-18-26)33-28(35)27(21-24-11-6-4-7-12-24)32-30(37)41-22-25-13-8-5-9-14-25/h4-9,11-18,27H,3,10,19-22H2,1-2H3,(H,32,37)(H,33,35)/t27-,31?/m0/s1. The molecule has 10 nitrogen and oxygen atoms in total. The second-order valence-electron chi connectivity index (χ2n) is 10.0. The number of hydrogen-bond donors (Lipinski definition) is 2. The predicted molar refractivity (Wildman–Crippen MR) is 156 cm³/mol. The van der Waals surface area contributed by atoms with Gasteiger partial charge in [-0.1, -0.05) is 78.4 Å². The Bertz CT molecular complexity index is 1480. The molecule has 0 bridgehead atoms. The smallest absolute Gasteiger partial charge is 0.408 e. The van der Waals surface area contributed by atoms with Crippen molar-refractivity contribution in [1.82, 2.24) is 14.9 Å². The van der Waals surface area contributed by atoms with Crippen molar-refractivity contribution in [2.24, 2.45) is 0 Å². The van der Waals surface area contributed by atoms with Crippen LogP contribution in [-0.4, -0.2) is 55.5 Å². The van der Waals surface area contributed by atoms with Gasteiger partial charge in [0.15, 0.2) is 0 Å². The van der Waals surface area contributed by atoms with E-state index in [2.05, 4.69) is 10.6 Å². The summed E-state index contributed by atoms with van der Waals surface area (Å²) in [6, 6.07) is 23.1. The maximum atomic E-state index is 13.9. The van der Waals surface area contributed by atoms with Crippen molar-refractivity contribution in [3.8, 4) is 0 Å². The quantitative estimate of drug-likeness (QED) is 0.324. The van der Waals surface area contributed by atoms with Crippen LogP contribution in [-0.2, 0) is 42.1 Å². The maximum Gasteiger partial charge on any atom is 0.408 e. The van der Waals surface area contributed by atoms with E-state index in [1.807, 2.05) is 31.2 Å². The highest BCUT2D eigenvalue weighted by Gasteiger charge is 2.56. The Labute approximate surface area is 246 Å². The molecule has 1 aliphatic heterocycles. The summed E-state index contributed by atoms with van der Waals surface area (Å²) in [5.74, 6) is -1.65. The average molecular weight is 594 g/mol. The van der Waals surface area contributed by atoms with Crippen molar-refractivity contribution in [2.75, 3.05) is 13.2 Å². The van der Waals surface area contributed by atoms with Gasteiger partial charge >= 0.3 is 12.1 Å². The first kappa shape index (κ1) is 30.7. The fourth-order valence-corrected chi connectivity index (χ4v) is 6.57. The number of aryl methyl sites for hydroxylation is 1. The van der Waals surface area contributed by atoms with Crippen LogP contribution in [0.2, 0.25) is 0 Å². The van der Waals surface area contributed by atoms with Gasteiger partial charge in [0.1, 0.15) is 12.6 Å². The minimum Gasteiger partial charge on any atom is -0.463 e. The SMILES string of the molecule is CCOC(=O)C1(NC(=O)[C@H](Cc2ccccc2)NC(=O)OCc2ccccc2)CCCN1S(=O)(=O)c1ccc(C)cc1. The molecule has 1 unspecified atom stereocenters. The normalized spacial score (nSPS) is 17.7. The number of sulfonamides is 1. The van der Waals surface area contributed by atoms with Crippen molar-refractivity contribution >= 4 is 28.0 Å². The Balaban J connectivity index is 1.62. The van der Waals surface area contributed by atoms with E-state index < -0.39 is 39.7 Å². The van der Waals surface area contributed by atoms with Crippen LogP contribution in [0.3, 0.4) is 0 Å². The molecule has 1 saturated heterocycles. The van der Waals surface area contributed by atoms with Crippen LogP contribution in [0.15, 0.2) is 89.8 Å². The molecule has 3 aromatic rings. The molecule has 0 aromatic heterocycles. The number of alkyl carbamates (subject to hydrolysis) is 1. The third-order valence-corrected chi connectivity index (χ3v) is 8.92. The number of benzene rings is 3. The van der Waals surface area contributed by atoms with E-state index >= 15 is 0 Å². The van der Waals surface area contributed by atoms with Crippen LogP contribution >= 0.6 is 0 Å². The Morgan fingerprint density at radius 2 is 1.52 bits per heavy atom. The summed E-state index contributed by atoms with van der Waals surface area (Å²) in [6.45, 7) is 3.39. The van der Waals surface area contributed by atoms with Gasteiger partial charge in [-0.3, -0.25) is 4.79 Å². The van der Waals surface area contributed by atoms with Crippen molar-refractivity contribution in [3.05, 3.63) is 102 Å². The molecular formula is C31H35N3O7S. The molecule has 11 heteroatoms. The fraction of sp³-hybridized carbons (Fsp3) is 0.323. The van der Waals surface area contributed by atoms with Gasteiger partial charge in [-0.05, 0) is 49.9 Å². The summed E-state index contributed by atoms with van der Waals surface area (Å²) in [5.41, 5.74) is 0.374. The minimum atomic E-state index is -4.21. The first-order valence-electron chi connectivity index (χ1n) is 13.8. The lowest BCUT2D eigenvalue weighted by Crippen LogP contribution is -2.67. The van der Waals surface area contributed by atoms with Crippen molar-refractivity contribution in [2.45, 2.75) is 56.3 Å². The van der Waals surface area contributed by atoms with Crippen LogP contribution in [0.25, 0.3) is 0 Å². The molecule has 2 N–H and O–H groups in total. The first-order valence-corrected chi connectivity index (χ1v) is 15.2. The maximum absolute atomic E-state index is 13.9. The lowest BCUT2D eigenvalue weighted by molar-refractivity contribution is -0.158. The highest BCUT2D eigenvalue weighted by atomic mass is 32.2. The molecule has 222 valence electrons. The van der Waals surface area contributed by atoms with E-state index in [9.17, 15) is 22.8 Å². The number of esters is 1. The number of hydrogen-bond acceptors (Lipinski definition) is 7. The van der Waals surface area contributed by atoms with Crippen molar-refractivity contribution < 1.29 is 32.3 Å². The Morgan fingerprint density at radius 1 is 0.905 bits per heavy atom. The van der Waals surface area contributed by atoms with E-state index in [0.717, 1.165) is 21.0 Å². The van der Waals surface area contributed by atoms with E-state index in [0.29, 0.717) is 6.42 Å². The monoisotopic (exact) mass is 593 g/mol. The molecule has 3 aromatic carbocycles. The summed E-state index contributed by atoms with van der Waals surface area (Å²) < 4.78 is 39.2. The van der Waals surface area contributed by atoms with Crippen molar-refractivity contribution in [3.63, 3.8) is 0 Å². The molecule has 0 radical (unpaired) electrons. The van der Waals surface area contributed by atoms with E-state index in [1.54, 1.807) is 55.5 Å². The molecule has 42 heavy (non-hydrogen) atoms. The first-order chi connectivity index (χ1) is 20.2. The third kappa shape index (κ3) is 7.15. The molecule has 1 heterocycles. The van der Waals surface area contributed by atoms with Crippen molar-refractivity contribution in [1.29, 1.82) is 0 Å². The van der Waals surface area contributed by atoms with Crippen LogP contribution in [0.4, 0.5) is 4.79 Å². The van der Waals surface area contributed by atoms with Gasteiger partial charge in [0.05, 0.1) is 11.5 Å². The Morgan fingerprint density at radius 3 is 2.14 bits per heavy atom. The summed E-state index contributed by atoms with van der Waals surface area (Å²) >= 11 is 0. The predicted octanol–water partition coefficient (Wildman–Crippen LogP) is 3.69. The molecule has 1 aliphatic rings. The van der Waals surface area contributed by atoms with Gasteiger partial charge in [-0.25, -0.2) is 18.0 Å². The molecule has 2 atom stereocenters. The Kier molecular flexibility index (Phi) is 9.97. The van der Waals surface area contributed by atoms with Gasteiger partial charge in [-0.15, -0.1) is 0 Å². The van der Waals surface area contributed by atoms with E-state index in [-0.39, 0.29) is 37.5 Å². The summed E-state index contributed by atoms with van der Waals surface area (Å²) in [4.78, 5) is 40.1. The highest BCUT2D eigenvalue weighted by molar-refractivity contribution is 7.89. The number of nitrogens with zero attached hydrogens (tertiary/aromatic N) is 1. The van der Waals surface area contributed by atoms with Gasteiger partial charge in [0.25, 0.3) is 0 Å². The molecule has 4 rings (SSSR count). The van der Waals surface area contributed by atoms with Crippen LogP contribution in [0.1, 0.15) is 36.5 Å². The molecule has 0 aliphatic carbocycles. The largest absolute Gasteiger partial charge is 0.463 e. The van der Waals surface area contributed by atoms with Gasteiger partial charge in [0, 0.05) is 13.0 Å². The Hall–Kier alpha value is -4.22. The number of amides is 2. The zero-order valence-corrected chi connectivity index (χ0v) is 24.4. The van der Waals surface area contributed by atoms with Gasteiger partial charge in [0.2, 0.25) is 21.6 Å².